The molecular weight excluding hydrogens is 214 g/mol. The van der Waals surface area contributed by atoms with Crippen LogP contribution in [-0.4, -0.2) is 32.4 Å². The maximum Gasteiger partial charge on any atom is 0.118 e. The molecule has 0 radical (unpaired) electrons. The monoisotopic (exact) mass is 236 g/mol. The number of hydrogen-bond acceptors (Lipinski definition) is 2. The largest absolute Gasteiger partial charge is 0.497 e. The van der Waals surface area contributed by atoms with E-state index in [1.54, 1.807) is 12.0 Å². The van der Waals surface area contributed by atoms with Gasteiger partial charge in [0.05, 0.1) is 7.11 Å². The van der Waals surface area contributed by atoms with Gasteiger partial charge in [0.25, 0.3) is 0 Å². The number of nitrogens with one attached hydrogen (secondary N) is 1. The molecular formula is C14H22NO2+. The van der Waals surface area contributed by atoms with Gasteiger partial charge < -0.3 is 14.4 Å². The summed E-state index contributed by atoms with van der Waals surface area (Å²) >= 11 is 0. The summed E-state index contributed by atoms with van der Waals surface area (Å²) in [7, 11) is 1.70. The molecule has 1 saturated heterocycles. The average Bonchev–Trinajstić information content (AvgIpc) is 2.28. The van der Waals surface area contributed by atoms with E-state index in [-0.39, 0.29) is 0 Å². The Labute approximate surface area is 103 Å². The Morgan fingerprint density at radius 1 is 1.18 bits per heavy atom. The third kappa shape index (κ3) is 3.45. The van der Waals surface area contributed by atoms with E-state index in [0.29, 0.717) is 12.2 Å². The zero-order chi connectivity index (χ0) is 12.3. The normalized spacial score (nSPS) is 29.0. The summed E-state index contributed by atoms with van der Waals surface area (Å²) in [6, 6.07) is 8.36. The topological polar surface area (TPSA) is 22.9 Å². The van der Waals surface area contributed by atoms with Crippen molar-refractivity contribution >= 4 is 0 Å². The summed E-state index contributed by atoms with van der Waals surface area (Å²) in [5.74, 6) is 0.924. The number of benzene rings is 1. The second-order valence-electron chi connectivity index (χ2n) is 4.94. The maximum absolute atomic E-state index is 5.75. The first kappa shape index (κ1) is 12.4. The zero-order valence-corrected chi connectivity index (χ0v) is 10.9. The molecule has 0 aromatic heterocycles. The smallest absolute Gasteiger partial charge is 0.118 e. The van der Waals surface area contributed by atoms with Gasteiger partial charge in [-0.05, 0) is 38.1 Å². The molecule has 94 valence electrons. The van der Waals surface area contributed by atoms with Crippen LogP contribution in [0.25, 0.3) is 0 Å². The summed E-state index contributed by atoms with van der Waals surface area (Å²) in [6.07, 6.45) is 0.735. The van der Waals surface area contributed by atoms with Crippen molar-refractivity contribution in [2.24, 2.45) is 0 Å². The van der Waals surface area contributed by atoms with Crippen LogP contribution in [0.2, 0.25) is 0 Å². The van der Waals surface area contributed by atoms with Crippen LogP contribution in [0.4, 0.5) is 0 Å². The van der Waals surface area contributed by atoms with Gasteiger partial charge in [0, 0.05) is 5.56 Å². The summed E-state index contributed by atoms with van der Waals surface area (Å²) < 4.78 is 10.9. The van der Waals surface area contributed by atoms with Crippen molar-refractivity contribution in [1.29, 1.82) is 0 Å². The third-order valence-corrected chi connectivity index (χ3v) is 3.23. The van der Waals surface area contributed by atoms with Crippen molar-refractivity contribution in [3.63, 3.8) is 0 Å². The molecule has 0 saturated carbocycles. The molecule has 0 bridgehead atoms. The van der Waals surface area contributed by atoms with Gasteiger partial charge in [-0.2, -0.15) is 0 Å². The van der Waals surface area contributed by atoms with Crippen molar-refractivity contribution < 1.29 is 14.4 Å². The molecule has 1 aliphatic rings. The molecule has 0 aliphatic carbocycles. The highest BCUT2D eigenvalue weighted by molar-refractivity contribution is 5.26. The van der Waals surface area contributed by atoms with Crippen LogP contribution in [-0.2, 0) is 11.3 Å². The molecule has 0 spiro atoms. The van der Waals surface area contributed by atoms with Crippen LogP contribution >= 0.6 is 0 Å². The maximum atomic E-state index is 5.75. The fourth-order valence-corrected chi connectivity index (χ4v) is 2.57. The van der Waals surface area contributed by atoms with Gasteiger partial charge in [0.1, 0.15) is 37.6 Å². The molecule has 1 aliphatic heterocycles. The second-order valence-corrected chi connectivity index (χ2v) is 4.94. The number of hydrogen-bond donors (Lipinski definition) is 1. The van der Waals surface area contributed by atoms with E-state index in [1.807, 2.05) is 12.1 Å². The first-order valence-corrected chi connectivity index (χ1v) is 6.29. The molecule has 1 heterocycles. The van der Waals surface area contributed by atoms with E-state index in [1.165, 1.54) is 5.56 Å². The van der Waals surface area contributed by atoms with Crippen molar-refractivity contribution in [3.05, 3.63) is 29.8 Å². The van der Waals surface area contributed by atoms with Gasteiger partial charge >= 0.3 is 0 Å². The Morgan fingerprint density at radius 3 is 2.29 bits per heavy atom. The van der Waals surface area contributed by atoms with Crippen molar-refractivity contribution in [1.82, 2.24) is 0 Å². The molecule has 2 rings (SSSR count). The lowest BCUT2D eigenvalue weighted by molar-refractivity contribution is -0.928. The number of methoxy groups -OCH3 is 1. The number of ether oxygens (including phenoxy) is 2. The molecule has 17 heavy (non-hydrogen) atoms. The van der Waals surface area contributed by atoms with Crippen LogP contribution in [0, 0.1) is 0 Å². The average molecular weight is 236 g/mol. The molecule has 2 atom stereocenters. The summed E-state index contributed by atoms with van der Waals surface area (Å²) in [6.45, 7) is 7.57. The van der Waals surface area contributed by atoms with Crippen LogP contribution in [0.5, 0.6) is 5.75 Å². The molecule has 0 unspecified atom stereocenters. The Kier molecular flexibility index (Phi) is 4.02. The lowest BCUT2D eigenvalue weighted by Gasteiger charge is -2.32. The number of quaternary nitrogens is 1. The molecule has 3 nitrogen and oxygen atoms in total. The minimum Gasteiger partial charge on any atom is -0.497 e. The highest BCUT2D eigenvalue weighted by Crippen LogP contribution is 2.10. The van der Waals surface area contributed by atoms with Gasteiger partial charge in [0.15, 0.2) is 0 Å². The van der Waals surface area contributed by atoms with E-state index in [9.17, 15) is 0 Å². The van der Waals surface area contributed by atoms with Crippen LogP contribution in [0.3, 0.4) is 0 Å². The van der Waals surface area contributed by atoms with Gasteiger partial charge in [0.2, 0.25) is 0 Å². The Balaban J connectivity index is 1.95. The Hall–Kier alpha value is -1.06. The minimum absolute atomic E-state index is 0.368. The van der Waals surface area contributed by atoms with Gasteiger partial charge in [-0.1, -0.05) is 0 Å². The Morgan fingerprint density at radius 2 is 1.76 bits per heavy atom. The first-order valence-electron chi connectivity index (χ1n) is 6.29. The molecule has 1 fully saturated rings. The predicted octanol–water partition coefficient (Wildman–Crippen LogP) is 0.887. The first-order chi connectivity index (χ1) is 8.17. The van der Waals surface area contributed by atoms with E-state index >= 15 is 0 Å². The molecule has 1 N–H and O–H groups in total. The quantitative estimate of drug-likeness (QED) is 0.842. The Bertz CT molecular complexity index is 340. The third-order valence-electron chi connectivity index (χ3n) is 3.23. The lowest BCUT2D eigenvalue weighted by Crippen LogP contribution is -3.14. The van der Waals surface area contributed by atoms with Crippen LogP contribution in [0.1, 0.15) is 19.4 Å². The van der Waals surface area contributed by atoms with E-state index in [2.05, 4.69) is 26.0 Å². The van der Waals surface area contributed by atoms with Crippen molar-refractivity contribution in [2.75, 3.05) is 20.2 Å². The minimum atomic E-state index is 0.368. The van der Waals surface area contributed by atoms with E-state index in [0.717, 1.165) is 25.4 Å². The number of rotatable bonds is 3. The highest BCUT2D eigenvalue weighted by atomic mass is 16.5. The van der Waals surface area contributed by atoms with Crippen LogP contribution in [0.15, 0.2) is 24.3 Å². The van der Waals surface area contributed by atoms with Gasteiger partial charge in [-0.3, -0.25) is 0 Å². The zero-order valence-electron chi connectivity index (χ0n) is 10.9. The summed E-state index contributed by atoms with van der Waals surface area (Å²) in [5.41, 5.74) is 1.36. The van der Waals surface area contributed by atoms with Crippen molar-refractivity contribution in [3.8, 4) is 5.75 Å². The van der Waals surface area contributed by atoms with Gasteiger partial charge in [-0.25, -0.2) is 0 Å². The fourth-order valence-electron chi connectivity index (χ4n) is 2.57. The summed E-state index contributed by atoms with van der Waals surface area (Å²) in [4.78, 5) is 1.60. The lowest BCUT2D eigenvalue weighted by atomic mass is 10.1. The second kappa shape index (κ2) is 5.52. The standard InChI is InChI=1S/C14H21NO2/c1-11-8-15(9-12(2)17-11)10-13-4-6-14(16-3)7-5-13/h4-7,11-12H,8-10H2,1-3H3/p+1/t11-,12-/m0/s1. The summed E-state index contributed by atoms with van der Waals surface area (Å²) in [5, 5.41) is 0. The predicted molar refractivity (Wildman–Crippen MR) is 67.4 cm³/mol. The molecule has 0 amide bonds. The molecule has 3 heteroatoms. The van der Waals surface area contributed by atoms with Gasteiger partial charge in [-0.15, -0.1) is 0 Å². The molecule has 1 aromatic rings. The van der Waals surface area contributed by atoms with Crippen LogP contribution < -0.4 is 9.64 Å². The van der Waals surface area contributed by atoms with Crippen molar-refractivity contribution in [2.45, 2.75) is 32.6 Å². The molecule has 1 aromatic carbocycles. The fraction of sp³-hybridized carbons (Fsp3) is 0.571. The number of morpholine rings is 1. The van der Waals surface area contributed by atoms with E-state index in [4.69, 9.17) is 9.47 Å². The highest BCUT2D eigenvalue weighted by Gasteiger charge is 2.25. The SMILES string of the molecule is COc1ccc(C[NH+]2C[C@H](C)O[C@@H](C)C2)cc1. The van der Waals surface area contributed by atoms with E-state index < -0.39 is 0 Å².